The molecule has 2 aromatic carbocycles. The van der Waals surface area contributed by atoms with Gasteiger partial charge >= 0.3 is 6.03 Å². The number of benzene rings is 2. The van der Waals surface area contributed by atoms with Crippen molar-refractivity contribution in [3.05, 3.63) is 59.2 Å². The van der Waals surface area contributed by atoms with Crippen LogP contribution in [0.1, 0.15) is 42.4 Å². The maximum atomic E-state index is 13.2. The number of phenols is 1. The third-order valence-corrected chi connectivity index (χ3v) is 5.73. The minimum atomic E-state index is -0.141. The van der Waals surface area contributed by atoms with E-state index in [9.17, 15) is 9.90 Å². The van der Waals surface area contributed by atoms with Crippen LogP contribution >= 0.6 is 0 Å². The number of urea groups is 1. The van der Waals surface area contributed by atoms with E-state index in [-0.39, 0.29) is 17.9 Å². The molecule has 148 valence electrons. The summed E-state index contributed by atoms with van der Waals surface area (Å²) in [5, 5.41) is 13.3. The van der Waals surface area contributed by atoms with E-state index in [2.05, 4.69) is 11.4 Å². The molecule has 0 aromatic heterocycles. The fourth-order valence-corrected chi connectivity index (χ4v) is 4.20. The largest absolute Gasteiger partial charge is 0.508 e. The summed E-state index contributed by atoms with van der Waals surface area (Å²) in [6.07, 6.45) is 6.52. The molecular formula is C23H28N2O3. The predicted octanol–water partition coefficient (Wildman–Crippen LogP) is 4.48. The average Bonchev–Trinajstić information content (AvgIpc) is 3.22. The van der Waals surface area contributed by atoms with Crippen LogP contribution in [0.4, 0.5) is 10.5 Å². The Kier molecular flexibility index (Phi) is 5.81. The number of aromatic hydroxyl groups is 1. The minimum absolute atomic E-state index is 0.0568. The molecule has 1 aliphatic carbocycles. The first-order chi connectivity index (χ1) is 13.7. The molecule has 0 bridgehead atoms. The van der Waals surface area contributed by atoms with E-state index in [1.165, 1.54) is 17.5 Å². The molecule has 1 heterocycles. The molecule has 1 saturated heterocycles. The van der Waals surface area contributed by atoms with Gasteiger partial charge in [0.15, 0.2) is 0 Å². The van der Waals surface area contributed by atoms with Gasteiger partial charge in [0, 0.05) is 24.4 Å². The normalized spacial score (nSPS) is 18.5. The highest BCUT2D eigenvalue weighted by atomic mass is 16.5. The van der Waals surface area contributed by atoms with Crippen LogP contribution in [-0.2, 0) is 24.1 Å². The molecule has 0 saturated carbocycles. The molecule has 2 N–H and O–H groups in total. The summed E-state index contributed by atoms with van der Waals surface area (Å²) in [5.41, 5.74) is 4.26. The minimum Gasteiger partial charge on any atom is -0.508 e. The van der Waals surface area contributed by atoms with E-state index in [0.29, 0.717) is 13.1 Å². The smallest absolute Gasteiger partial charge is 0.322 e. The van der Waals surface area contributed by atoms with Gasteiger partial charge in [0.05, 0.1) is 12.6 Å². The van der Waals surface area contributed by atoms with E-state index >= 15 is 0 Å². The number of amides is 2. The van der Waals surface area contributed by atoms with Crippen LogP contribution < -0.4 is 5.32 Å². The molecule has 1 atom stereocenters. The van der Waals surface area contributed by atoms with Gasteiger partial charge in [-0.15, -0.1) is 0 Å². The van der Waals surface area contributed by atoms with Gasteiger partial charge in [0.1, 0.15) is 5.75 Å². The van der Waals surface area contributed by atoms with Gasteiger partial charge < -0.3 is 20.1 Å². The molecule has 2 aliphatic rings. The van der Waals surface area contributed by atoms with Crippen LogP contribution in [-0.4, -0.2) is 35.3 Å². The van der Waals surface area contributed by atoms with E-state index in [1.807, 2.05) is 24.3 Å². The summed E-state index contributed by atoms with van der Waals surface area (Å²) in [6, 6.07) is 13.2. The Bertz CT molecular complexity index is 830. The van der Waals surface area contributed by atoms with Crippen molar-refractivity contribution in [1.29, 1.82) is 0 Å². The number of fused-ring (bicyclic) bond motifs is 1. The Morgan fingerprint density at radius 3 is 2.79 bits per heavy atom. The van der Waals surface area contributed by atoms with Crippen molar-refractivity contribution in [2.45, 2.75) is 51.2 Å². The summed E-state index contributed by atoms with van der Waals surface area (Å²) in [4.78, 5) is 14.9. The zero-order valence-corrected chi connectivity index (χ0v) is 16.2. The van der Waals surface area contributed by atoms with Crippen molar-refractivity contribution in [2.24, 2.45) is 0 Å². The topological polar surface area (TPSA) is 61.8 Å². The van der Waals surface area contributed by atoms with Crippen LogP contribution in [0.15, 0.2) is 42.5 Å². The Hall–Kier alpha value is -2.53. The van der Waals surface area contributed by atoms with Gasteiger partial charge in [0.2, 0.25) is 0 Å². The van der Waals surface area contributed by atoms with Crippen molar-refractivity contribution in [2.75, 3.05) is 18.5 Å². The number of rotatable bonds is 5. The highest BCUT2D eigenvalue weighted by Gasteiger charge is 2.24. The summed E-state index contributed by atoms with van der Waals surface area (Å²) in [7, 11) is 0. The van der Waals surface area contributed by atoms with Gasteiger partial charge in [-0.3, -0.25) is 0 Å². The lowest BCUT2D eigenvalue weighted by atomic mass is 9.90. The number of carbonyl (C=O) groups is 1. The summed E-state index contributed by atoms with van der Waals surface area (Å²) in [6.45, 7) is 1.63. The fraction of sp³-hybridized carbons (Fsp3) is 0.435. The molecule has 2 aromatic rings. The Morgan fingerprint density at radius 2 is 1.96 bits per heavy atom. The van der Waals surface area contributed by atoms with Gasteiger partial charge in [0.25, 0.3) is 0 Å². The molecule has 0 unspecified atom stereocenters. The van der Waals surface area contributed by atoms with Crippen LogP contribution in [0.3, 0.4) is 0 Å². The van der Waals surface area contributed by atoms with Crippen molar-refractivity contribution >= 4 is 11.7 Å². The quantitative estimate of drug-likeness (QED) is 0.804. The Balaban J connectivity index is 1.53. The SMILES string of the molecule is O=C(Nc1cccc2c1CCCC2)N(Cc1ccccc1O)C[C@H]1CCCO1. The number of hydrogen-bond donors (Lipinski definition) is 2. The van der Waals surface area contributed by atoms with Gasteiger partial charge in [-0.05, 0) is 61.8 Å². The lowest BCUT2D eigenvalue weighted by Gasteiger charge is -2.27. The molecule has 5 heteroatoms. The number of nitrogens with one attached hydrogen (secondary N) is 1. The lowest BCUT2D eigenvalue weighted by molar-refractivity contribution is 0.0817. The summed E-state index contributed by atoms with van der Waals surface area (Å²) in [5.74, 6) is 0.213. The fourth-order valence-electron chi connectivity index (χ4n) is 4.20. The highest BCUT2D eigenvalue weighted by molar-refractivity contribution is 5.90. The number of aryl methyl sites for hydroxylation is 1. The third-order valence-electron chi connectivity index (χ3n) is 5.73. The molecule has 2 amide bonds. The Labute approximate surface area is 166 Å². The standard InChI is InChI=1S/C23H28N2O3/c26-22-13-4-2-8-18(22)15-25(16-19-10-6-14-28-19)23(27)24-21-12-5-9-17-7-1-3-11-20(17)21/h2,4-5,8-9,12-13,19,26H,1,3,6-7,10-11,14-16H2,(H,24,27)/t19-/m1/s1. The maximum Gasteiger partial charge on any atom is 0.322 e. The first-order valence-corrected chi connectivity index (χ1v) is 10.3. The van der Waals surface area contributed by atoms with Crippen LogP contribution in [0.2, 0.25) is 0 Å². The summed E-state index contributed by atoms with van der Waals surface area (Å²) < 4.78 is 5.76. The number of hydrogen-bond acceptors (Lipinski definition) is 3. The van der Waals surface area contributed by atoms with Crippen molar-refractivity contribution in [1.82, 2.24) is 4.90 Å². The molecule has 28 heavy (non-hydrogen) atoms. The number of phenolic OH excluding ortho intramolecular Hbond substituents is 1. The predicted molar refractivity (Wildman–Crippen MR) is 110 cm³/mol. The number of para-hydroxylation sites is 1. The average molecular weight is 380 g/mol. The monoisotopic (exact) mass is 380 g/mol. The first kappa shape index (κ1) is 18.8. The molecule has 1 fully saturated rings. The van der Waals surface area contributed by atoms with E-state index in [0.717, 1.165) is 50.0 Å². The molecular weight excluding hydrogens is 352 g/mol. The second-order valence-electron chi connectivity index (χ2n) is 7.72. The second kappa shape index (κ2) is 8.65. The maximum absolute atomic E-state index is 13.2. The second-order valence-corrected chi connectivity index (χ2v) is 7.72. The zero-order chi connectivity index (χ0) is 19.3. The molecule has 0 radical (unpaired) electrons. The van der Waals surface area contributed by atoms with Crippen molar-refractivity contribution in [3.63, 3.8) is 0 Å². The molecule has 1 aliphatic heterocycles. The number of nitrogens with zero attached hydrogens (tertiary/aromatic N) is 1. The van der Waals surface area contributed by atoms with Gasteiger partial charge in [-0.2, -0.15) is 0 Å². The van der Waals surface area contributed by atoms with E-state index in [1.54, 1.807) is 17.0 Å². The van der Waals surface area contributed by atoms with Crippen LogP contribution in [0.5, 0.6) is 5.75 Å². The summed E-state index contributed by atoms with van der Waals surface area (Å²) >= 11 is 0. The van der Waals surface area contributed by atoms with Crippen molar-refractivity contribution in [3.8, 4) is 5.75 Å². The van der Waals surface area contributed by atoms with Gasteiger partial charge in [-0.1, -0.05) is 30.3 Å². The first-order valence-electron chi connectivity index (χ1n) is 10.3. The highest BCUT2D eigenvalue weighted by Crippen LogP contribution is 2.28. The lowest BCUT2D eigenvalue weighted by Crippen LogP contribution is -2.40. The molecule has 0 spiro atoms. The van der Waals surface area contributed by atoms with Gasteiger partial charge in [-0.25, -0.2) is 4.79 Å². The Morgan fingerprint density at radius 1 is 1.11 bits per heavy atom. The van der Waals surface area contributed by atoms with Crippen LogP contribution in [0, 0.1) is 0 Å². The third kappa shape index (κ3) is 4.30. The zero-order valence-electron chi connectivity index (χ0n) is 16.2. The number of carbonyl (C=O) groups excluding carboxylic acids is 1. The van der Waals surface area contributed by atoms with E-state index in [4.69, 9.17) is 4.74 Å². The van der Waals surface area contributed by atoms with Crippen molar-refractivity contribution < 1.29 is 14.6 Å². The number of anilines is 1. The molecule has 4 rings (SSSR count). The number of ether oxygens (including phenoxy) is 1. The van der Waals surface area contributed by atoms with E-state index < -0.39 is 0 Å². The molecule has 5 nitrogen and oxygen atoms in total. The van der Waals surface area contributed by atoms with Crippen LogP contribution in [0.25, 0.3) is 0 Å².